The summed E-state index contributed by atoms with van der Waals surface area (Å²) < 4.78 is 4.04. The van der Waals surface area contributed by atoms with E-state index in [1.165, 1.54) is 31.0 Å². The van der Waals surface area contributed by atoms with Gasteiger partial charge in [0.25, 0.3) is 0 Å². The average Bonchev–Trinajstić information content (AvgIpc) is 3.15. The van der Waals surface area contributed by atoms with E-state index >= 15 is 0 Å². The molecule has 3 aromatic rings. The monoisotopic (exact) mass is 343 g/mol. The third kappa shape index (κ3) is 2.77. The molecule has 2 heterocycles. The number of benzene rings is 1. The first kappa shape index (κ1) is 15.5. The number of nitrogens with one attached hydrogen (secondary N) is 1. The van der Waals surface area contributed by atoms with Gasteiger partial charge in [0.2, 0.25) is 11.7 Å². The molecule has 4 rings (SSSR count). The van der Waals surface area contributed by atoms with Gasteiger partial charge in [-0.15, -0.1) is 10.2 Å². The Bertz CT molecular complexity index is 878. The minimum absolute atomic E-state index is 0.0869. The van der Waals surface area contributed by atoms with Crippen molar-refractivity contribution in [2.24, 2.45) is 7.05 Å². The number of nitrogens with zero attached hydrogens (tertiary/aromatic N) is 4. The van der Waals surface area contributed by atoms with Gasteiger partial charge in [0.1, 0.15) is 0 Å². The van der Waals surface area contributed by atoms with Crippen molar-refractivity contribution in [3.63, 3.8) is 0 Å². The summed E-state index contributed by atoms with van der Waals surface area (Å²) in [6, 6.07) is 8.49. The van der Waals surface area contributed by atoms with Gasteiger partial charge in [0.05, 0.1) is 16.8 Å². The van der Waals surface area contributed by atoms with Crippen LogP contribution in [-0.2, 0) is 11.8 Å². The molecule has 1 saturated carbocycles. The Morgan fingerprint density at radius 2 is 1.96 bits per heavy atom. The Labute approximate surface area is 144 Å². The summed E-state index contributed by atoms with van der Waals surface area (Å²) in [7, 11) is 1.98. The fourth-order valence-corrected chi connectivity index (χ4v) is 4.23. The highest BCUT2D eigenvalue weighted by atomic mass is 32.2. The van der Waals surface area contributed by atoms with Crippen LogP contribution in [0.4, 0.5) is 0 Å². The van der Waals surface area contributed by atoms with E-state index in [2.05, 4.69) is 27.6 Å². The molecule has 1 aliphatic carbocycles. The Morgan fingerprint density at radius 3 is 2.75 bits per heavy atom. The fraction of sp³-hybridized carbons (Fsp3) is 0.471. The van der Waals surface area contributed by atoms with Gasteiger partial charge >= 0.3 is 0 Å². The van der Waals surface area contributed by atoms with Crippen LogP contribution in [0.5, 0.6) is 0 Å². The first-order valence-corrected chi connectivity index (χ1v) is 9.43. The number of fused-ring (bicyclic) bond motifs is 3. The molecule has 1 aromatic carbocycles. The zero-order chi connectivity index (χ0) is 16.5. The third-order valence-electron chi connectivity index (χ3n) is 4.70. The maximum atomic E-state index is 12.2. The lowest BCUT2D eigenvalue weighted by Crippen LogP contribution is -2.37. The van der Waals surface area contributed by atoms with Gasteiger partial charge in [-0.25, -0.2) is 0 Å². The van der Waals surface area contributed by atoms with Crippen molar-refractivity contribution in [3.05, 3.63) is 24.3 Å². The Balaban J connectivity index is 1.50. The van der Waals surface area contributed by atoms with Crippen molar-refractivity contribution in [2.75, 3.05) is 5.75 Å². The molecule has 0 radical (unpaired) electrons. The molecule has 1 fully saturated rings. The van der Waals surface area contributed by atoms with E-state index in [0.29, 0.717) is 11.8 Å². The lowest BCUT2D eigenvalue weighted by atomic mass is 9.95. The molecule has 1 N–H and O–H groups in total. The van der Waals surface area contributed by atoms with Crippen molar-refractivity contribution in [3.8, 4) is 0 Å². The number of imidazole rings is 1. The van der Waals surface area contributed by atoms with Crippen LogP contribution in [0.15, 0.2) is 29.4 Å². The highest BCUT2D eigenvalue weighted by molar-refractivity contribution is 7.99. The summed E-state index contributed by atoms with van der Waals surface area (Å²) in [5, 5.41) is 12.4. The van der Waals surface area contributed by atoms with E-state index < -0.39 is 0 Å². The predicted molar refractivity (Wildman–Crippen MR) is 95.2 cm³/mol. The molecule has 24 heavy (non-hydrogen) atoms. The number of aryl methyl sites for hydroxylation is 1. The standard InChI is InChI=1S/C17H21N5OS/c1-21-13-9-5-6-10-14(13)22-16(21)19-20-17(22)24-11-15(23)18-12-7-3-2-4-8-12/h5-6,9-10,12H,2-4,7-8,11H2,1H3,(H,18,23). The maximum absolute atomic E-state index is 12.2. The van der Waals surface area contributed by atoms with Crippen molar-refractivity contribution in [1.82, 2.24) is 24.5 Å². The molecule has 7 heteroatoms. The lowest BCUT2D eigenvalue weighted by Gasteiger charge is -2.22. The van der Waals surface area contributed by atoms with Gasteiger partial charge in [0.15, 0.2) is 5.16 Å². The van der Waals surface area contributed by atoms with Crippen LogP contribution in [0, 0.1) is 0 Å². The van der Waals surface area contributed by atoms with E-state index in [4.69, 9.17) is 0 Å². The number of carbonyl (C=O) groups excluding carboxylic acids is 1. The molecule has 0 atom stereocenters. The van der Waals surface area contributed by atoms with Crippen molar-refractivity contribution >= 4 is 34.5 Å². The zero-order valence-electron chi connectivity index (χ0n) is 13.7. The van der Waals surface area contributed by atoms with Gasteiger partial charge in [-0.3, -0.25) is 9.20 Å². The van der Waals surface area contributed by atoms with Gasteiger partial charge < -0.3 is 9.88 Å². The van der Waals surface area contributed by atoms with Crippen LogP contribution in [0.2, 0.25) is 0 Å². The zero-order valence-corrected chi connectivity index (χ0v) is 14.6. The molecule has 0 bridgehead atoms. The average molecular weight is 343 g/mol. The number of para-hydroxylation sites is 2. The number of thioether (sulfide) groups is 1. The van der Waals surface area contributed by atoms with Gasteiger partial charge in [-0.1, -0.05) is 43.2 Å². The molecule has 0 saturated heterocycles. The van der Waals surface area contributed by atoms with E-state index in [1.54, 1.807) is 0 Å². The molecular formula is C17H21N5OS. The lowest BCUT2D eigenvalue weighted by molar-refractivity contribution is -0.119. The van der Waals surface area contributed by atoms with Gasteiger partial charge in [-0.2, -0.15) is 0 Å². The van der Waals surface area contributed by atoms with E-state index in [-0.39, 0.29) is 5.91 Å². The van der Waals surface area contributed by atoms with Crippen molar-refractivity contribution in [2.45, 2.75) is 43.3 Å². The predicted octanol–water partition coefficient (Wildman–Crippen LogP) is 2.76. The van der Waals surface area contributed by atoms with Crippen LogP contribution in [0.1, 0.15) is 32.1 Å². The van der Waals surface area contributed by atoms with Crippen LogP contribution in [0.25, 0.3) is 16.8 Å². The number of hydrogen-bond acceptors (Lipinski definition) is 4. The summed E-state index contributed by atoms with van der Waals surface area (Å²) in [4.78, 5) is 12.2. The molecule has 0 spiro atoms. The first-order chi connectivity index (χ1) is 11.7. The second kappa shape index (κ2) is 6.47. The Kier molecular flexibility index (Phi) is 4.18. The van der Waals surface area contributed by atoms with Crippen molar-refractivity contribution in [1.29, 1.82) is 0 Å². The molecular weight excluding hydrogens is 322 g/mol. The van der Waals surface area contributed by atoms with E-state index in [9.17, 15) is 4.79 Å². The number of rotatable bonds is 4. The van der Waals surface area contributed by atoms with Crippen LogP contribution < -0.4 is 5.32 Å². The molecule has 0 unspecified atom stereocenters. The highest BCUT2D eigenvalue weighted by Crippen LogP contribution is 2.25. The summed E-state index contributed by atoms with van der Waals surface area (Å²) in [6.07, 6.45) is 5.95. The summed E-state index contributed by atoms with van der Waals surface area (Å²) >= 11 is 1.45. The topological polar surface area (TPSA) is 64.2 Å². The normalized spacial score (nSPS) is 16.0. The minimum atomic E-state index is 0.0869. The van der Waals surface area contributed by atoms with Gasteiger partial charge in [-0.05, 0) is 25.0 Å². The molecule has 6 nitrogen and oxygen atoms in total. The summed E-state index contributed by atoms with van der Waals surface area (Å²) in [5.74, 6) is 1.26. The summed E-state index contributed by atoms with van der Waals surface area (Å²) in [5.41, 5.74) is 2.17. The van der Waals surface area contributed by atoms with Crippen LogP contribution in [0.3, 0.4) is 0 Å². The number of amides is 1. The minimum Gasteiger partial charge on any atom is -0.353 e. The van der Waals surface area contributed by atoms with Crippen LogP contribution in [-0.4, -0.2) is 36.9 Å². The summed E-state index contributed by atoms with van der Waals surface area (Å²) in [6.45, 7) is 0. The second-order valence-corrected chi connectivity index (χ2v) is 7.30. The maximum Gasteiger partial charge on any atom is 0.236 e. The quantitative estimate of drug-likeness (QED) is 0.740. The highest BCUT2D eigenvalue weighted by Gasteiger charge is 2.18. The first-order valence-electron chi connectivity index (χ1n) is 8.45. The smallest absolute Gasteiger partial charge is 0.236 e. The molecule has 1 aliphatic rings. The number of carbonyl (C=O) groups is 1. The van der Waals surface area contributed by atoms with Crippen LogP contribution >= 0.6 is 11.8 Å². The second-order valence-electron chi connectivity index (χ2n) is 6.36. The van der Waals surface area contributed by atoms with Crippen molar-refractivity contribution < 1.29 is 4.79 Å². The van der Waals surface area contributed by atoms with E-state index in [1.807, 2.05) is 28.1 Å². The largest absolute Gasteiger partial charge is 0.353 e. The molecule has 2 aromatic heterocycles. The SMILES string of the molecule is Cn1c2ccccc2n2c(SCC(=O)NC3CCCCC3)nnc12. The molecule has 0 aliphatic heterocycles. The molecule has 126 valence electrons. The van der Waals surface area contributed by atoms with E-state index in [0.717, 1.165) is 34.8 Å². The molecule has 1 amide bonds. The van der Waals surface area contributed by atoms with Gasteiger partial charge in [0, 0.05) is 13.1 Å². The fourth-order valence-electron chi connectivity index (χ4n) is 3.47. The number of aromatic nitrogens is 4. The Hall–Kier alpha value is -2.02. The third-order valence-corrected chi connectivity index (χ3v) is 5.63. The number of hydrogen-bond donors (Lipinski definition) is 1. The Morgan fingerprint density at radius 1 is 1.21 bits per heavy atom.